The van der Waals surface area contributed by atoms with Gasteiger partial charge >= 0.3 is 6.09 Å². The van der Waals surface area contributed by atoms with E-state index in [1.54, 1.807) is 37.6 Å². The Morgan fingerprint density at radius 1 is 1.21 bits per heavy atom. The summed E-state index contributed by atoms with van der Waals surface area (Å²) in [6.07, 6.45) is 1.74. The minimum absolute atomic E-state index is 0.209. The van der Waals surface area contributed by atoms with Crippen LogP contribution in [0.5, 0.6) is 11.5 Å². The van der Waals surface area contributed by atoms with Crippen molar-refractivity contribution in [2.75, 3.05) is 7.11 Å². The van der Waals surface area contributed by atoms with Crippen LogP contribution in [0.4, 0.5) is 4.79 Å². The highest BCUT2D eigenvalue weighted by Crippen LogP contribution is 2.28. The highest BCUT2D eigenvalue weighted by atomic mass is 16.6. The van der Waals surface area contributed by atoms with Crippen LogP contribution in [-0.4, -0.2) is 24.5 Å². The first kappa shape index (κ1) is 20.1. The van der Waals surface area contributed by atoms with Gasteiger partial charge in [-0.2, -0.15) is 0 Å². The lowest BCUT2D eigenvalue weighted by molar-refractivity contribution is 0.110. The molecule has 3 rings (SSSR count). The number of pyridine rings is 1. The van der Waals surface area contributed by atoms with Crippen molar-refractivity contribution in [1.29, 1.82) is 0 Å². The lowest BCUT2D eigenvalue weighted by Gasteiger charge is -2.13. The van der Waals surface area contributed by atoms with Crippen molar-refractivity contribution in [2.24, 2.45) is 0 Å². The summed E-state index contributed by atoms with van der Waals surface area (Å²) < 4.78 is 16.2. The molecule has 1 N–H and O–H groups in total. The summed E-state index contributed by atoms with van der Waals surface area (Å²) in [7, 11) is 1.60. The number of carbonyl (C=O) groups excluding carboxylic acids is 2. The van der Waals surface area contributed by atoms with E-state index in [4.69, 9.17) is 13.9 Å². The molecule has 3 aromatic rings. The summed E-state index contributed by atoms with van der Waals surface area (Å²) in [5, 5.41) is 2.70. The number of hydrogen-bond acceptors (Lipinski definition) is 6. The van der Waals surface area contributed by atoms with Crippen molar-refractivity contribution in [2.45, 2.75) is 27.3 Å². The molecule has 0 radical (unpaired) electrons. The fourth-order valence-electron chi connectivity index (χ4n) is 3.07. The van der Waals surface area contributed by atoms with Crippen molar-refractivity contribution in [3.8, 4) is 22.8 Å². The Kier molecular flexibility index (Phi) is 5.97. The molecule has 0 saturated heterocycles. The maximum Gasteiger partial charge on any atom is 0.412 e. The molecule has 0 bridgehead atoms. The van der Waals surface area contributed by atoms with E-state index < -0.39 is 6.09 Å². The second-order valence-corrected chi connectivity index (χ2v) is 6.64. The fourth-order valence-corrected chi connectivity index (χ4v) is 3.07. The Hall–Kier alpha value is -3.61. The largest absolute Gasteiger partial charge is 0.496 e. The van der Waals surface area contributed by atoms with Crippen molar-refractivity contribution in [3.63, 3.8) is 0 Å². The molecule has 150 valence electrons. The highest BCUT2D eigenvalue weighted by Gasteiger charge is 2.13. The molecule has 0 unspecified atom stereocenters. The van der Waals surface area contributed by atoms with Gasteiger partial charge in [-0.1, -0.05) is 0 Å². The third-order valence-corrected chi connectivity index (χ3v) is 4.44. The summed E-state index contributed by atoms with van der Waals surface area (Å²) >= 11 is 0. The van der Waals surface area contributed by atoms with Crippen molar-refractivity contribution >= 4 is 12.4 Å². The van der Waals surface area contributed by atoms with Gasteiger partial charge in [0.15, 0.2) is 12.0 Å². The Labute approximate surface area is 168 Å². The van der Waals surface area contributed by atoms with E-state index in [-0.39, 0.29) is 12.3 Å². The Bertz CT molecular complexity index is 1060. The van der Waals surface area contributed by atoms with Gasteiger partial charge in [-0.05, 0) is 56.7 Å². The average molecular weight is 394 g/mol. The zero-order valence-corrected chi connectivity index (χ0v) is 16.7. The van der Waals surface area contributed by atoms with Gasteiger partial charge in [0, 0.05) is 22.9 Å². The minimum Gasteiger partial charge on any atom is -0.496 e. The topological polar surface area (TPSA) is 90.7 Å². The number of benzene rings is 1. The molecule has 0 atom stereocenters. The van der Waals surface area contributed by atoms with Crippen LogP contribution in [0.2, 0.25) is 0 Å². The van der Waals surface area contributed by atoms with Crippen LogP contribution in [0.3, 0.4) is 0 Å². The molecule has 0 fully saturated rings. The predicted molar refractivity (Wildman–Crippen MR) is 107 cm³/mol. The normalized spacial score (nSPS) is 10.5. The Morgan fingerprint density at radius 2 is 2.00 bits per heavy atom. The molecule has 0 aliphatic heterocycles. The zero-order valence-electron chi connectivity index (χ0n) is 16.7. The quantitative estimate of drug-likeness (QED) is 0.624. The molecule has 0 saturated carbocycles. The van der Waals surface area contributed by atoms with Crippen LogP contribution in [0.1, 0.15) is 32.9 Å². The number of ether oxygens (including phenoxy) is 2. The fraction of sp³-hybridized carbons (Fsp3) is 0.227. The first-order valence-electron chi connectivity index (χ1n) is 9.03. The summed E-state index contributed by atoms with van der Waals surface area (Å²) in [6.45, 7) is 5.90. The van der Waals surface area contributed by atoms with Gasteiger partial charge in [0.05, 0.1) is 19.3 Å². The smallest absolute Gasteiger partial charge is 0.412 e. The van der Waals surface area contributed by atoms with E-state index in [1.807, 2.05) is 26.8 Å². The van der Waals surface area contributed by atoms with Gasteiger partial charge in [-0.15, -0.1) is 0 Å². The number of aryl methyl sites for hydroxylation is 2. The minimum atomic E-state index is -0.602. The van der Waals surface area contributed by atoms with E-state index in [9.17, 15) is 9.59 Å². The number of amides is 1. The van der Waals surface area contributed by atoms with E-state index in [1.165, 1.54) is 0 Å². The number of methoxy groups -OCH3 is 1. The Balaban J connectivity index is 1.70. The zero-order chi connectivity index (χ0) is 21.0. The van der Waals surface area contributed by atoms with Gasteiger partial charge in [-0.3, -0.25) is 9.78 Å². The average Bonchev–Trinajstić information content (AvgIpc) is 3.17. The number of hydrogen-bond donors (Lipinski definition) is 1. The van der Waals surface area contributed by atoms with E-state index >= 15 is 0 Å². The van der Waals surface area contributed by atoms with E-state index in [2.05, 4.69) is 10.3 Å². The predicted octanol–water partition coefficient (Wildman–Crippen LogP) is 4.38. The summed E-state index contributed by atoms with van der Waals surface area (Å²) in [4.78, 5) is 27.4. The molecule has 2 aromatic heterocycles. The van der Waals surface area contributed by atoms with Crippen LogP contribution in [0, 0.1) is 20.8 Å². The number of nitrogens with zero attached hydrogens (tertiary/aromatic N) is 1. The standard InChI is InChI=1S/C22H22N2O5/c1-13-7-16(20-6-5-17(12-25)28-20)9-18(8-13)29-22(26)24-11-19-15(3)21(27-4)14(2)10-23-19/h5-10,12H,11H2,1-4H3,(H,24,26). The van der Waals surface area contributed by atoms with Gasteiger partial charge in [0.1, 0.15) is 17.3 Å². The first-order chi connectivity index (χ1) is 13.9. The highest BCUT2D eigenvalue weighted by molar-refractivity contribution is 5.74. The second-order valence-electron chi connectivity index (χ2n) is 6.64. The molecule has 7 nitrogen and oxygen atoms in total. The molecule has 7 heteroatoms. The second kappa shape index (κ2) is 8.60. The molecule has 1 amide bonds. The van der Waals surface area contributed by atoms with Crippen LogP contribution < -0.4 is 14.8 Å². The van der Waals surface area contributed by atoms with Crippen LogP contribution >= 0.6 is 0 Å². The SMILES string of the molecule is COc1c(C)cnc(CNC(=O)Oc2cc(C)cc(-c3ccc(C=O)o3)c2)c1C. The van der Waals surface area contributed by atoms with Crippen molar-refractivity contribution in [1.82, 2.24) is 10.3 Å². The van der Waals surface area contributed by atoms with Crippen LogP contribution in [0.15, 0.2) is 40.9 Å². The van der Waals surface area contributed by atoms with Gasteiger partial charge in [0.2, 0.25) is 0 Å². The van der Waals surface area contributed by atoms with E-state index in [0.29, 0.717) is 29.1 Å². The first-order valence-corrected chi connectivity index (χ1v) is 9.03. The molecular weight excluding hydrogens is 372 g/mol. The lowest BCUT2D eigenvalue weighted by atomic mass is 10.1. The molecule has 0 aliphatic rings. The number of carbonyl (C=O) groups is 2. The number of aldehydes is 1. The Morgan fingerprint density at radius 3 is 2.69 bits per heavy atom. The number of furan rings is 1. The summed E-state index contributed by atoms with van der Waals surface area (Å²) in [6, 6.07) is 8.58. The van der Waals surface area contributed by atoms with Crippen LogP contribution in [0.25, 0.3) is 11.3 Å². The number of rotatable bonds is 6. The van der Waals surface area contributed by atoms with Gasteiger partial charge in [0.25, 0.3) is 0 Å². The number of aromatic nitrogens is 1. The lowest BCUT2D eigenvalue weighted by Crippen LogP contribution is -2.27. The monoisotopic (exact) mass is 394 g/mol. The molecule has 2 heterocycles. The van der Waals surface area contributed by atoms with Crippen LogP contribution in [-0.2, 0) is 6.54 Å². The van der Waals surface area contributed by atoms with Crippen molar-refractivity contribution < 1.29 is 23.5 Å². The summed E-state index contributed by atoms with van der Waals surface area (Å²) in [5.74, 6) is 1.88. The van der Waals surface area contributed by atoms with Crippen molar-refractivity contribution in [3.05, 3.63) is 64.7 Å². The summed E-state index contributed by atoms with van der Waals surface area (Å²) in [5.41, 5.74) is 4.09. The van der Waals surface area contributed by atoms with Gasteiger partial charge in [-0.25, -0.2) is 4.79 Å². The third kappa shape index (κ3) is 4.63. The van der Waals surface area contributed by atoms with Gasteiger partial charge < -0.3 is 19.2 Å². The molecule has 29 heavy (non-hydrogen) atoms. The molecule has 0 aliphatic carbocycles. The number of nitrogens with one attached hydrogen (secondary N) is 1. The third-order valence-electron chi connectivity index (χ3n) is 4.44. The molecular formula is C22H22N2O5. The maximum atomic E-state index is 12.3. The van der Waals surface area contributed by atoms with E-state index in [0.717, 1.165) is 22.4 Å². The molecule has 0 spiro atoms. The molecule has 1 aromatic carbocycles. The maximum absolute atomic E-state index is 12.3.